The smallest absolute Gasteiger partial charge is 0.295 e. The molecule has 0 bridgehead atoms. The molecule has 0 aliphatic carbocycles. The van der Waals surface area contributed by atoms with Crippen molar-refractivity contribution >= 4 is 11.6 Å². The van der Waals surface area contributed by atoms with Crippen LogP contribution in [0.3, 0.4) is 0 Å². The average molecular weight is 362 g/mol. The largest absolute Gasteiger partial charge is 0.406 e. The van der Waals surface area contributed by atoms with Gasteiger partial charge in [0.05, 0.1) is 0 Å². The Bertz CT molecular complexity index is 961. The predicted molar refractivity (Wildman–Crippen MR) is 106 cm³/mol. The summed E-state index contributed by atoms with van der Waals surface area (Å²) in [6.45, 7) is 4.45. The lowest BCUT2D eigenvalue weighted by molar-refractivity contribution is 0.0863. The summed E-state index contributed by atoms with van der Waals surface area (Å²) in [7, 11) is 0. The molecule has 138 valence electrons. The highest BCUT2D eigenvalue weighted by molar-refractivity contribution is 6.03. The maximum Gasteiger partial charge on any atom is 0.295 e. The molecule has 2 aromatic carbocycles. The minimum Gasteiger partial charge on any atom is -0.406 e. The van der Waals surface area contributed by atoms with Crippen molar-refractivity contribution in [3.8, 4) is 0 Å². The number of rotatable bonds is 6. The van der Waals surface area contributed by atoms with E-state index < -0.39 is 11.5 Å². The van der Waals surface area contributed by atoms with E-state index in [4.69, 9.17) is 4.84 Å². The molecule has 1 N–H and O–H groups in total. The Balaban J connectivity index is 1.72. The van der Waals surface area contributed by atoms with Gasteiger partial charge in [0.2, 0.25) is 0 Å². The maximum atomic E-state index is 12.5. The molecule has 0 atom stereocenters. The van der Waals surface area contributed by atoms with Crippen LogP contribution in [0.2, 0.25) is 0 Å². The van der Waals surface area contributed by atoms with Crippen LogP contribution >= 0.6 is 0 Å². The molecule has 0 radical (unpaired) electrons. The number of hydrogen-bond donors (Lipinski definition) is 1. The number of hydrogen-bond acceptors (Lipinski definition) is 3. The van der Waals surface area contributed by atoms with Crippen LogP contribution in [0.4, 0.5) is 5.69 Å². The Hall–Kier alpha value is -3.34. The predicted octanol–water partition coefficient (Wildman–Crippen LogP) is 3.85. The molecule has 3 aromatic rings. The van der Waals surface area contributed by atoms with Crippen LogP contribution in [0, 0.1) is 0 Å². The number of anilines is 1. The van der Waals surface area contributed by atoms with E-state index in [0.29, 0.717) is 11.6 Å². The molecule has 0 spiro atoms. The van der Waals surface area contributed by atoms with Gasteiger partial charge in [0, 0.05) is 11.9 Å². The lowest BCUT2D eigenvalue weighted by Gasteiger charge is -2.11. The summed E-state index contributed by atoms with van der Waals surface area (Å²) < 4.78 is 1.09. The summed E-state index contributed by atoms with van der Waals surface area (Å²) in [6, 6.07) is 20.2. The summed E-state index contributed by atoms with van der Waals surface area (Å²) in [5.41, 5.74) is 2.29. The number of carbonyl (C=O) groups is 1. The van der Waals surface area contributed by atoms with Gasteiger partial charge < -0.3 is 10.2 Å². The standard InChI is InChI=1S/C22H22N2O3/c1-16(2)18-10-12-19(13-11-18)23-21(25)20-9-6-14-24(22(20)26)27-15-17-7-4-3-5-8-17/h3-14,16H,15H2,1-2H3,(H,23,25). The molecular formula is C22H22N2O3. The molecule has 0 saturated heterocycles. The highest BCUT2D eigenvalue weighted by atomic mass is 16.7. The van der Waals surface area contributed by atoms with Gasteiger partial charge in [-0.1, -0.05) is 56.3 Å². The van der Waals surface area contributed by atoms with Crippen LogP contribution in [-0.2, 0) is 6.61 Å². The number of benzene rings is 2. The third-order valence-electron chi connectivity index (χ3n) is 4.21. The second kappa shape index (κ2) is 8.36. The monoisotopic (exact) mass is 362 g/mol. The molecule has 27 heavy (non-hydrogen) atoms. The van der Waals surface area contributed by atoms with E-state index in [2.05, 4.69) is 19.2 Å². The third-order valence-corrected chi connectivity index (χ3v) is 4.21. The molecule has 3 rings (SSSR count). The molecule has 0 fully saturated rings. The summed E-state index contributed by atoms with van der Waals surface area (Å²) in [5.74, 6) is -0.0483. The van der Waals surface area contributed by atoms with Crippen molar-refractivity contribution in [2.24, 2.45) is 0 Å². The van der Waals surface area contributed by atoms with Gasteiger partial charge >= 0.3 is 0 Å². The second-order valence-corrected chi connectivity index (χ2v) is 6.54. The van der Waals surface area contributed by atoms with Crippen LogP contribution in [0.5, 0.6) is 0 Å². The fourth-order valence-electron chi connectivity index (χ4n) is 2.62. The van der Waals surface area contributed by atoms with Gasteiger partial charge in [-0.05, 0) is 41.3 Å². The molecule has 5 nitrogen and oxygen atoms in total. The van der Waals surface area contributed by atoms with Crippen LogP contribution in [-0.4, -0.2) is 10.6 Å². The van der Waals surface area contributed by atoms with Crippen molar-refractivity contribution in [1.29, 1.82) is 0 Å². The van der Waals surface area contributed by atoms with E-state index in [0.717, 1.165) is 10.3 Å². The van der Waals surface area contributed by atoms with Crippen LogP contribution in [0.15, 0.2) is 77.7 Å². The van der Waals surface area contributed by atoms with E-state index in [1.54, 1.807) is 6.07 Å². The zero-order valence-corrected chi connectivity index (χ0v) is 15.4. The summed E-state index contributed by atoms with van der Waals surface area (Å²) in [5, 5.41) is 2.76. The molecule has 1 aromatic heterocycles. The normalized spacial score (nSPS) is 10.6. The fraction of sp³-hybridized carbons (Fsp3) is 0.182. The Morgan fingerprint density at radius 3 is 2.37 bits per heavy atom. The molecule has 0 aliphatic rings. The first-order chi connectivity index (χ1) is 13.0. The first-order valence-corrected chi connectivity index (χ1v) is 8.85. The number of pyridine rings is 1. The highest BCUT2D eigenvalue weighted by Crippen LogP contribution is 2.17. The number of carbonyl (C=O) groups excluding carboxylic acids is 1. The molecule has 5 heteroatoms. The third kappa shape index (κ3) is 4.64. The zero-order valence-electron chi connectivity index (χ0n) is 15.4. The van der Waals surface area contributed by atoms with Crippen molar-refractivity contribution in [3.63, 3.8) is 0 Å². The molecule has 1 amide bonds. The fourth-order valence-corrected chi connectivity index (χ4v) is 2.62. The van der Waals surface area contributed by atoms with Gasteiger partial charge in [-0.3, -0.25) is 9.59 Å². The van der Waals surface area contributed by atoms with Gasteiger partial charge in [-0.25, -0.2) is 0 Å². The number of aromatic nitrogens is 1. The lowest BCUT2D eigenvalue weighted by atomic mass is 10.0. The second-order valence-electron chi connectivity index (χ2n) is 6.54. The topological polar surface area (TPSA) is 60.3 Å². The van der Waals surface area contributed by atoms with Gasteiger partial charge in [0.25, 0.3) is 11.5 Å². The summed E-state index contributed by atoms with van der Waals surface area (Å²) >= 11 is 0. The van der Waals surface area contributed by atoms with Crippen molar-refractivity contribution < 1.29 is 9.63 Å². The molecule has 0 saturated carbocycles. The van der Waals surface area contributed by atoms with E-state index in [1.165, 1.54) is 17.8 Å². The minimum absolute atomic E-state index is 0.0264. The van der Waals surface area contributed by atoms with Crippen LogP contribution in [0.1, 0.15) is 41.3 Å². The van der Waals surface area contributed by atoms with E-state index in [1.807, 2.05) is 54.6 Å². The first kappa shape index (κ1) is 18.5. The molecule has 0 aliphatic heterocycles. The minimum atomic E-state index is -0.496. The summed E-state index contributed by atoms with van der Waals surface area (Å²) in [6.07, 6.45) is 1.50. The molecule has 1 heterocycles. The highest BCUT2D eigenvalue weighted by Gasteiger charge is 2.13. The Labute approximate surface area is 158 Å². The average Bonchev–Trinajstić information content (AvgIpc) is 2.68. The van der Waals surface area contributed by atoms with Crippen molar-refractivity contribution in [1.82, 2.24) is 4.73 Å². The van der Waals surface area contributed by atoms with Gasteiger partial charge in [0.15, 0.2) is 0 Å². The first-order valence-electron chi connectivity index (χ1n) is 8.85. The lowest BCUT2D eigenvalue weighted by Crippen LogP contribution is -2.32. The number of amides is 1. The SMILES string of the molecule is CC(C)c1ccc(NC(=O)c2cccn(OCc3ccccc3)c2=O)cc1. The van der Waals surface area contributed by atoms with E-state index >= 15 is 0 Å². The van der Waals surface area contributed by atoms with Crippen LogP contribution < -0.4 is 15.7 Å². The Morgan fingerprint density at radius 2 is 1.70 bits per heavy atom. The Kier molecular flexibility index (Phi) is 5.71. The molecular weight excluding hydrogens is 340 g/mol. The van der Waals surface area contributed by atoms with E-state index in [9.17, 15) is 9.59 Å². The van der Waals surface area contributed by atoms with Crippen molar-refractivity contribution in [3.05, 3.63) is 100.0 Å². The van der Waals surface area contributed by atoms with E-state index in [-0.39, 0.29) is 12.2 Å². The maximum absolute atomic E-state index is 12.5. The summed E-state index contributed by atoms with van der Waals surface area (Å²) in [4.78, 5) is 30.6. The van der Waals surface area contributed by atoms with Crippen molar-refractivity contribution in [2.45, 2.75) is 26.4 Å². The molecule has 0 unspecified atom stereocenters. The number of nitrogens with one attached hydrogen (secondary N) is 1. The quantitative estimate of drug-likeness (QED) is 0.724. The van der Waals surface area contributed by atoms with Gasteiger partial charge in [-0.2, -0.15) is 4.73 Å². The Morgan fingerprint density at radius 1 is 1.00 bits per heavy atom. The van der Waals surface area contributed by atoms with Crippen molar-refractivity contribution in [2.75, 3.05) is 5.32 Å². The van der Waals surface area contributed by atoms with Crippen LogP contribution in [0.25, 0.3) is 0 Å². The van der Waals surface area contributed by atoms with Gasteiger partial charge in [0.1, 0.15) is 12.2 Å². The zero-order chi connectivity index (χ0) is 19.2. The van der Waals surface area contributed by atoms with Gasteiger partial charge in [-0.15, -0.1) is 0 Å². The number of nitrogens with zero attached hydrogens (tertiary/aromatic N) is 1.